The zero-order valence-electron chi connectivity index (χ0n) is 11.1. The van der Waals surface area contributed by atoms with E-state index in [9.17, 15) is 4.79 Å². The van der Waals surface area contributed by atoms with E-state index in [1.54, 1.807) is 12.1 Å². The van der Waals surface area contributed by atoms with Gasteiger partial charge in [0, 0.05) is 0 Å². The quantitative estimate of drug-likeness (QED) is 0.737. The molecule has 20 heavy (non-hydrogen) atoms. The highest BCUT2D eigenvalue weighted by molar-refractivity contribution is 5.98. The van der Waals surface area contributed by atoms with Crippen molar-refractivity contribution in [1.29, 1.82) is 0 Å². The first-order valence-electron chi connectivity index (χ1n) is 6.49. The van der Waals surface area contributed by atoms with E-state index in [0.29, 0.717) is 5.56 Å². The first-order chi connectivity index (χ1) is 9.66. The second kappa shape index (κ2) is 4.82. The summed E-state index contributed by atoms with van der Waals surface area (Å²) in [5.41, 5.74) is 3.71. The van der Waals surface area contributed by atoms with Gasteiger partial charge >= 0.3 is 5.97 Å². The summed E-state index contributed by atoms with van der Waals surface area (Å²) in [6, 6.07) is 19.5. The Bertz CT molecular complexity index is 786. The molecule has 0 aliphatic carbocycles. The summed E-state index contributed by atoms with van der Waals surface area (Å²) >= 11 is 0. The predicted octanol–water partition coefficient (Wildman–Crippen LogP) is 4.51. The lowest BCUT2D eigenvalue weighted by Gasteiger charge is -2.11. The van der Waals surface area contributed by atoms with Crippen molar-refractivity contribution in [3.63, 3.8) is 0 Å². The fourth-order valence-electron chi connectivity index (χ4n) is 2.54. The summed E-state index contributed by atoms with van der Waals surface area (Å²) in [6.07, 6.45) is 0. The second-order valence-electron chi connectivity index (χ2n) is 4.86. The predicted molar refractivity (Wildman–Crippen MR) is 81.1 cm³/mol. The minimum absolute atomic E-state index is 0.312. The number of hydrogen-bond acceptors (Lipinski definition) is 1. The number of rotatable bonds is 2. The van der Waals surface area contributed by atoms with Crippen LogP contribution >= 0.6 is 0 Å². The van der Waals surface area contributed by atoms with E-state index < -0.39 is 5.97 Å². The Morgan fingerprint density at radius 3 is 2.30 bits per heavy atom. The van der Waals surface area contributed by atoms with Crippen LogP contribution in [0.3, 0.4) is 0 Å². The number of carboxylic acid groups (broad SMARTS) is 1. The lowest BCUT2D eigenvalue weighted by atomic mass is 9.93. The molecule has 0 amide bonds. The maximum atomic E-state index is 10.9. The number of fused-ring (bicyclic) bond motifs is 1. The Morgan fingerprint density at radius 1 is 0.900 bits per heavy atom. The topological polar surface area (TPSA) is 37.3 Å². The van der Waals surface area contributed by atoms with Crippen molar-refractivity contribution < 1.29 is 9.90 Å². The third-order valence-corrected chi connectivity index (χ3v) is 3.56. The SMILES string of the molecule is Cc1ccc2ccccc2c1-c1ccc(C(=O)O)cc1. The molecule has 3 aromatic carbocycles. The van der Waals surface area contributed by atoms with Crippen LogP contribution < -0.4 is 0 Å². The third-order valence-electron chi connectivity index (χ3n) is 3.56. The molecule has 0 radical (unpaired) electrons. The molecule has 0 spiro atoms. The molecule has 0 saturated heterocycles. The van der Waals surface area contributed by atoms with Crippen LogP contribution in [0.4, 0.5) is 0 Å². The molecule has 3 aromatic rings. The number of hydrogen-bond donors (Lipinski definition) is 1. The molecule has 0 atom stereocenters. The molecule has 0 aliphatic rings. The molecule has 0 fully saturated rings. The second-order valence-corrected chi connectivity index (χ2v) is 4.86. The Balaban J connectivity index is 2.23. The molecule has 0 bridgehead atoms. The Hall–Kier alpha value is -2.61. The third kappa shape index (κ3) is 2.05. The van der Waals surface area contributed by atoms with Crippen LogP contribution in [-0.4, -0.2) is 11.1 Å². The Morgan fingerprint density at radius 2 is 1.60 bits per heavy atom. The van der Waals surface area contributed by atoms with Crippen LogP contribution in [0, 0.1) is 6.92 Å². The van der Waals surface area contributed by atoms with Gasteiger partial charge in [-0.25, -0.2) is 4.79 Å². The molecule has 0 unspecified atom stereocenters. The van der Waals surface area contributed by atoms with Gasteiger partial charge in [-0.2, -0.15) is 0 Å². The first kappa shape index (κ1) is 12.4. The number of aryl methyl sites for hydroxylation is 1. The van der Waals surface area contributed by atoms with Crippen molar-refractivity contribution >= 4 is 16.7 Å². The molecule has 98 valence electrons. The van der Waals surface area contributed by atoms with Crippen LogP contribution in [0.25, 0.3) is 21.9 Å². The van der Waals surface area contributed by atoms with Gasteiger partial charge in [0.25, 0.3) is 0 Å². The molecule has 2 nitrogen and oxygen atoms in total. The van der Waals surface area contributed by atoms with Gasteiger partial charge in [0.15, 0.2) is 0 Å². The lowest BCUT2D eigenvalue weighted by molar-refractivity contribution is 0.0697. The Kier molecular flexibility index (Phi) is 2.99. The molecular weight excluding hydrogens is 248 g/mol. The van der Waals surface area contributed by atoms with Crippen LogP contribution in [-0.2, 0) is 0 Å². The van der Waals surface area contributed by atoms with Crippen molar-refractivity contribution in [3.8, 4) is 11.1 Å². The molecule has 1 N–H and O–H groups in total. The van der Waals surface area contributed by atoms with E-state index in [4.69, 9.17) is 5.11 Å². The summed E-state index contributed by atoms with van der Waals surface area (Å²) in [6.45, 7) is 2.08. The van der Waals surface area contributed by atoms with Crippen molar-refractivity contribution in [2.24, 2.45) is 0 Å². The molecule has 0 aromatic heterocycles. The summed E-state index contributed by atoms with van der Waals surface area (Å²) in [5.74, 6) is -0.897. The summed E-state index contributed by atoms with van der Waals surface area (Å²) in [4.78, 5) is 10.9. The van der Waals surface area contributed by atoms with Crippen LogP contribution in [0.1, 0.15) is 15.9 Å². The fraction of sp³-hybridized carbons (Fsp3) is 0.0556. The van der Waals surface area contributed by atoms with Gasteiger partial charge < -0.3 is 5.11 Å². The van der Waals surface area contributed by atoms with E-state index in [0.717, 1.165) is 5.56 Å². The van der Waals surface area contributed by atoms with E-state index >= 15 is 0 Å². The molecule has 0 aliphatic heterocycles. The van der Waals surface area contributed by atoms with Gasteiger partial charge in [-0.05, 0) is 46.5 Å². The standard InChI is InChI=1S/C18H14O2/c1-12-6-7-13-4-2-3-5-16(13)17(12)14-8-10-15(11-9-14)18(19)20/h2-11H,1H3,(H,19,20). The van der Waals surface area contributed by atoms with Crippen molar-refractivity contribution in [3.05, 3.63) is 71.8 Å². The smallest absolute Gasteiger partial charge is 0.335 e. The molecule has 0 saturated carbocycles. The highest BCUT2D eigenvalue weighted by atomic mass is 16.4. The monoisotopic (exact) mass is 262 g/mol. The maximum Gasteiger partial charge on any atom is 0.335 e. The minimum Gasteiger partial charge on any atom is -0.478 e. The lowest BCUT2D eigenvalue weighted by Crippen LogP contribution is -1.95. The Labute approximate surface area is 117 Å². The number of carboxylic acids is 1. The van der Waals surface area contributed by atoms with Gasteiger partial charge in [0.1, 0.15) is 0 Å². The van der Waals surface area contributed by atoms with Gasteiger partial charge in [0.05, 0.1) is 5.56 Å². The first-order valence-corrected chi connectivity index (χ1v) is 6.49. The van der Waals surface area contributed by atoms with E-state index in [1.807, 2.05) is 24.3 Å². The molecule has 0 heterocycles. The molecule has 3 rings (SSSR count). The minimum atomic E-state index is -0.897. The average molecular weight is 262 g/mol. The average Bonchev–Trinajstić information content (AvgIpc) is 2.47. The zero-order chi connectivity index (χ0) is 14.1. The van der Waals surface area contributed by atoms with Crippen molar-refractivity contribution in [1.82, 2.24) is 0 Å². The summed E-state index contributed by atoms with van der Waals surface area (Å²) < 4.78 is 0. The van der Waals surface area contributed by atoms with Crippen LogP contribution in [0.15, 0.2) is 60.7 Å². The highest BCUT2D eigenvalue weighted by Gasteiger charge is 2.08. The van der Waals surface area contributed by atoms with Crippen molar-refractivity contribution in [2.75, 3.05) is 0 Å². The van der Waals surface area contributed by atoms with Gasteiger partial charge in [-0.3, -0.25) is 0 Å². The molecular formula is C18H14O2. The van der Waals surface area contributed by atoms with Crippen LogP contribution in [0.5, 0.6) is 0 Å². The number of benzene rings is 3. The largest absolute Gasteiger partial charge is 0.478 e. The fourth-order valence-corrected chi connectivity index (χ4v) is 2.54. The van der Waals surface area contributed by atoms with Crippen LogP contribution in [0.2, 0.25) is 0 Å². The van der Waals surface area contributed by atoms with Gasteiger partial charge in [-0.1, -0.05) is 48.5 Å². The summed E-state index contributed by atoms with van der Waals surface area (Å²) in [5, 5.41) is 11.4. The number of aromatic carboxylic acids is 1. The summed E-state index contributed by atoms with van der Waals surface area (Å²) in [7, 11) is 0. The highest BCUT2D eigenvalue weighted by Crippen LogP contribution is 2.31. The van der Waals surface area contributed by atoms with E-state index in [2.05, 4.69) is 31.2 Å². The molecule has 2 heteroatoms. The van der Waals surface area contributed by atoms with Crippen molar-refractivity contribution in [2.45, 2.75) is 6.92 Å². The van der Waals surface area contributed by atoms with E-state index in [-0.39, 0.29) is 0 Å². The van der Waals surface area contributed by atoms with E-state index in [1.165, 1.54) is 21.9 Å². The van der Waals surface area contributed by atoms with Gasteiger partial charge in [-0.15, -0.1) is 0 Å². The number of carbonyl (C=O) groups is 1. The maximum absolute atomic E-state index is 10.9. The normalized spacial score (nSPS) is 10.7. The van der Waals surface area contributed by atoms with Gasteiger partial charge in [0.2, 0.25) is 0 Å². The zero-order valence-corrected chi connectivity index (χ0v) is 11.1.